The van der Waals surface area contributed by atoms with Crippen molar-refractivity contribution < 1.29 is 18.3 Å². The third-order valence-electron chi connectivity index (χ3n) is 4.01. The van der Waals surface area contributed by atoms with Crippen molar-refractivity contribution in [2.24, 2.45) is 5.92 Å². The quantitative estimate of drug-likeness (QED) is 0.859. The Balaban J connectivity index is 1.59. The maximum absolute atomic E-state index is 12.8. The van der Waals surface area contributed by atoms with Crippen molar-refractivity contribution in [3.8, 4) is 5.75 Å². The highest BCUT2D eigenvalue weighted by atomic mass is 19.1. The fraction of sp³-hybridized carbons (Fsp3) is 0.389. The standard InChI is InChI=1S/C18H20FNO3/c1-13-3-2-10-20(11-13)18(21)17-9-8-16(23-17)12-22-15-6-4-14(19)5-7-15/h4-9,13H,2-3,10-12H2,1H3. The number of hydrogen-bond acceptors (Lipinski definition) is 3. The zero-order chi connectivity index (χ0) is 16.2. The first-order chi connectivity index (χ1) is 11.1. The van der Waals surface area contributed by atoms with Crippen LogP contribution < -0.4 is 4.74 Å². The number of halogens is 1. The number of nitrogens with zero attached hydrogens (tertiary/aromatic N) is 1. The zero-order valence-electron chi connectivity index (χ0n) is 13.1. The molecule has 1 saturated heterocycles. The molecule has 1 aliphatic rings. The van der Waals surface area contributed by atoms with Crippen LogP contribution in [0.3, 0.4) is 0 Å². The van der Waals surface area contributed by atoms with Gasteiger partial charge in [0, 0.05) is 13.1 Å². The van der Waals surface area contributed by atoms with Gasteiger partial charge in [0.2, 0.25) is 0 Å². The number of rotatable bonds is 4. The molecule has 1 aliphatic heterocycles. The van der Waals surface area contributed by atoms with Crippen molar-refractivity contribution in [2.45, 2.75) is 26.4 Å². The Hall–Kier alpha value is -2.30. The summed E-state index contributed by atoms with van der Waals surface area (Å²) in [7, 11) is 0. The molecular formula is C18H20FNO3. The number of hydrogen-bond donors (Lipinski definition) is 0. The third-order valence-corrected chi connectivity index (χ3v) is 4.01. The molecule has 1 aromatic carbocycles. The van der Waals surface area contributed by atoms with Gasteiger partial charge < -0.3 is 14.1 Å². The normalized spacial score (nSPS) is 18.0. The van der Waals surface area contributed by atoms with Crippen molar-refractivity contribution in [1.82, 2.24) is 4.90 Å². The number of piperidine rings is 1. The summed E-state index contributed by atoms with van der Waals surface area (Å²) in [5, 5.41) is 0. The Morgan fingerprint density at radius 1 is 1.30 bits per heavy atom. The highest BCUT2D eigenvalue weighted by Crippen LogP contribution is 2.20. The second-order valence-electron chi connectivity index (χ2n) is 6.01. The van der Waals surface area contributed by atoms with Gasteiger partial charge in [-0.2, -0.15) is 0 Å². The van der Waals surface area contributed by atoms with E-state index in [1.54, 1.807) is 24.3 Å². The number of benzene rings is 1. The first-order valence-electron chi connectivity index (χ1n) is 7.88. The molecule has 0 radical (unpaired) electrons. The highest BCUT2D eigenvalue weighted by molar-refractivity contribution is 5.91. The van der Waals surface area contributed by atoms with Crippen LogP contribution in [-0.2, 0) is 6.61 Å². The van der Waals surface area contributed by atoms with Gasteiger partial charge in [0.05, 0.1) is 0 Å². The first kappa shape index (κ1) is 15.6. The molecule has 1 aromatic heterocycles. The Labute approximate surface area is 134 Å². The molecule has 4 nitrogen and oxygen atoms in total. The molecule has 5 heteroatoms. The Morgan fingerprint density at radius 3 is 2.83 bits per heavy atom. The van der Waals surface area contributed by atoms with Crippen LogP contribution in [0.5, 0.6) is 5.75 Å². The Bertz CT molecular complexity index is 665. The molecule has 0 bridgehead atoms. The van der Waals surface area contributed by atoms with E-state index in [1.807, 2.05) is 4.90 Å². The number of likely N-dealkylation sites (tertiary alicyclic amines) is 1. The van der Waals surface area contributed by atoms with Gasteiger partial charge in [0.25, 0.3) is 5.91 Å². The summed E-state index contributed by atoms with van der Waals surface area (Å²) in [6, 6.07) is 9.21. The maximum Gasteiger partial charge on any atom is 0.289 e. The fourth-order valence-corrected chi connectivity index (χ4v) is 2.79. The van der Waals surface area contributed by atoms with Gasteiger partial charge in [-0.15, -0.1) is 0 Å². The van der Waals surface area contributed by atoms with Gasteiger partial charge in [0.15, 0.2) is 5.76 Å². The van der Waals surface area contributed by atoms with Crippen LogP contribution in [0.1, 0.15) is 36.1 Å². The lowest BCUT2D eigenvalue weighted by atomic mass is 10.0. The van der Waals surface area contributed by atoms with Crippen LogP contribution >= 0.6 is 0 Å². The minimum Gasteiger partial charge on any atom is -0.486 e. The van der Waals surface area contributed by atoms with Crippen LogP contribution in [0.2, 0.25) is 0 Å². The van der Waals surface area contributed by atoms with Gasteiger partial charge in [0.1, 0.15) is 23.9 Å². The van der Waals surface area contributed by atoms with Crippen molar-refractivity contribution in [3.63, 3.8) is 0 Å². The monoisotopic (exact) mass is 317 g/mol. The van der Waals surface area contributed by atoms with E-state index in [-0.39, 0.29) is 18.3 Å². The summed E-state index contributed by atoms with van der Waals surface area (Å²) in [5.41, 5.74) is 0. The lowest BCUT2D eigenvalue weighted by Crippen LogP contribution is -2.38. The molecule has 1 unspecified atom stereocenters. The smallest absolute Gasteiger partial charge is 0.289 e. The fourth-order valence-electron chi connectivity index (χ4n) is 2.79. The van der Waals surface area contributed by atoms with Crippen molar-refractivity contribution in [1.29, 1.82) is 0 Å². The van der Waals surface area contributed by atoms with E-state index >= 15 is 0 Å². The highest BCUT2D eigenvalue weighted by Gasteiger charge is 2.24. The number of carbonyl (C=O) groups is 1. The minimum atomic E-state index is -0.306. The van der Waals surface area contributed by atoms with Gasteiger partial charge in [-0.25, -0.2) is 4.39 Å². The van der Waals surface area contributed by atoms with Gasteiger partial charge in [-0.3, -0.25) is 4.79 Å². The second kappa shape index (κ2) is 6.86. The Morgan fingerprint density at radius 2 is 2.09 bits per heavy atom. The van der Waals surface area contributed by atoms with E-state index in [0.29, 0.717) is 23.2 Å². The third kappa shape index (κ3) is 3.92. The minimum absolute atomic E-state index is 0.0652. The predicted octanol–water partition coefficient (Wildman–Crippen LogP) is 3.87. The molecule has 0 N–H and O–H groups in total. The van der Waals surface area contributed by atoms with E-state index in [2.05, 4.69) is 6.92 Å². The summed E-state index contributed by atoms with van der Waals surface area (Å²) in [6.45, 7) is 3.92. The van der Waals surface area contributed by atoms with Crippen molar-refractivity contribution in [3.05, 3.63) is 53.7 Å². The van der Waals surface area contributed by atoms with Crippen LogP contribution in [-0.4, -0.2) is 23.9 Å². The molecule has 1 atom stereocenters. The molecule has 0 aliphatic carbocycles. The molecule has 3 rings (SSSR count). The molecule has 2 aromatic rings. The molecule has 0 spiro atoms. The Kier molecular flexibility index (Phi) is 4.65. The molecule has 23 heavy (non-hydrogen) atoms. The van der Waals surface area contributed by atoms with E-state index < -0.39 is 0 Å². The zero-order valence-corrected chi connectivity index (χ0v) is 13.1. The summed E-state index contributed by atoms with van der Waals surface area (Å²) in [5.74, 6) is 1.63. The van der Waals surface area contributed by atoms with Crippen LogP contribution in [0.25, 0.3) is 0 Å². The van der Waals surface area contributed by atoms with Gasteiger partial charge in [-0.05, 0) is 55.2 Å². The van der Waals surface area contributed by atoms with E-state index in [9.17, 15) is 9.18 Å². The van der Waals surface area contributed by atoms with E-state index in [4.69, 9.17) is 9.15 Å². The maximum atomic E-state index is 12.8. The van der Waals surface area contributed by atoms with Crippen LogP contribution in [0, 0.1) is 11.7 Å². The first-order valence-corrected chi connectivity index (χ1v) is 7.88. The number of amides is 1. The largest absolute Gasteiger partial charge is 0.486 e. The summed E-state index contributed by atoms with van der Waals surface area (Å²) < 4.78 is 23.9. The summed E-state index contributed by atoms with van der Waals surface area (Å²) in [4.78, 5) is 14.3. The molecular weight excluding hydrogens is 297 g/mol. The molecule has 1 fully saturated rings. The van der Waals surface area contributed by atoms with Gasteiger partial charge in [-0.1, -0.05) is 6.92 Å². The van der Waals surface area contributed by atoms with Crippen LogP contribution in [0.4, 0.5) is 4.39 Å². The predicted molar refractivity (Wildman–Crippen MR) is 83.7 cm³/mol. The SMILES string of the molecule is CC1CCCN(C(=O)c2ccc(COc3ccc(F)cc3)o2)C1. The topological polar surface area (TPSA) is 42.7 Å². The molecule has 122 valence electrons. The number of ether oxygens (including phenoxy) is 1. The van der Waals surface area contributed by atoms with Gasteiger partial charge >= 0.3 is 0 Å². The average molecular weight is 317 g/mol. The molecule has 0 saturated carbocycles. The molecule has 2 heterocycles. The summed E-state index contributed by atoms with van der Waals surface area (Å²) in [6.07, 6.45) is 2.20. The number of carbonyl (C=O) groups excluding carboxylic acids is 1. The average Bonchev–Trinajstić information content (AvgIpc) is 3.02. The van der Waals surface area contributed by atoms with Crippen LogP contribution in [0.15, 0.2) is 40.8 Å². The summed E-state index contributed by atoms with van der Waals surface area (Å²) >= 11 is 0. The number of furan rings is 1. The second-order valence-corrected chi connectivity index (χ2v) is 6.01. The van der Waals surface area contributed by atoms with E-state index in [1.165, 1.54) is 18.6 Å². The lowest BCUT2D eigenvalue weighted by molar-refractivity contribution is 0.0647. The van der Waals surface area contributed by atoms with Crippen molar-refractivity contribution in [2.75, 3.05) is 13.1 Å². The van der Waals surface area contributed by atoms with E-state index in [0.717, 1.165) is 19.5 Å². The lowest BCUT2D eigenvalue weighted by Gasteiger charge is -2.30. The van der Waals surface area contributed by atoms with Crippen molar-refractivity contribution >= 4 is 5.91 Å². The molecule has 1 amide bonds.